The summed E-state index contributed by atoms with van der Waals surface area (Å²) in [5, 5.41) is 19.2. The number of piperidine rings is 2. The number of amides is 4. The van der Waals surface area contributed by atoms with Crippen LogP contribution in [0.1, 0.15) is 95.2 Å². The second-order valence-corrected chi connectivity index (χ2v) is 26.1. The summed E-state index contributed by atoms with van der Waals surface area (Å²) in [6.45, 7) is 8.97. The third kappa shape index (κ3) is 14.4. The van der Waals surface area contributed by atoms with Crippen LogP contribution in [-0.2, 0) is 43.9 Å². The minimum atomic E-state index is -4.62. The molecular formula is C67H73ClN10O11S. The molecule has 5 aliphatic heterocycles. The Bertz CT molecular complexity index is 3920. The highest BCUT2D eigenvalue weighted by molar-refractivity contribution is 7.90. The number of rotatable bonds is 23. The Morgan fingerprint density at radius 3 is 2.39 bits per heavy atom. The normalized spacial score (nSPS) is 18.0. The molecule has 0 bridgehead atoms. The number of nitrogens with one attached hydrogen (secondary N) is 4. The summed E-state index contributed by atoms with van der Waals surface area (Å²) in [7, 11) is -4.62. The number of nitro benzene ring substituents is 1. The van der Waals surface area contributed by atoms with Crippen LogP contribution in [0.3, 0.4) is 0 Å². The summed E-state index contributed by atoms with van der Waals surface area (Å²) < 4.78 is 48.6. The van der Waals surface area contributed by atoms with Gasteiger partial charge in [-0.2, -0.15) is 0 Å². The average Bonchev–Trinajstić information content (AvgIpc) is 1.68. The van der Waals surface area contributed by atoms with Crippen LogP contribution in [0.4, 0.5) is 17.1 Å². The Labute approximate surface area is 527 Å². The summed E-state index contributed by atoms with van der Waals surface area (Å²) in [5.41, 5.74) is 7.07. The number of halogens is 1. The van der Waals surface area contributed by atoms with Gasteiger partial charge in [0.15, 0.2) is 0 Å². The highest BCUT2D eigenvalue weighted by atomic mass is 35.5. The van der Waals surface area contributed by atoms with E-state index < -0.39 is 43.4 Å². The highest BCUT2D eigenvalue weighted by Crippen LogP contribution is 2.37. The fourth-order valence-corrected chi connectivity index (χ4v) is 14.1. The smallest absolute Gasteiger partial charge is 0.293 e. The fraction of sp³-hybridized carbons (Fsp3) is 0.388. The van der Waals surface area contributed by atoms with Gasteiger partial charge in [0.25, 0.3) is 27.5 Å². The molecule has 0 aliphatic carbocycles. The number of piperazine rings is 1. The van der Waals surface area contributed by atoms with Crippen molar-refractivity contribution in [2.75, 3.05) is 82.4 Å². The van der Waals surface area contributed by atoms with Crippen LogP contribution in [-0.4, -0.2) is 140 Å². The summed E-state index contributed by atoms with van der Waals surface area (Å²) in [6.07, 6.45) is 11.5. The molecule has 4 N–H and O–H groups in total. The number of pyridine rings is 1. The number of aromatic amines is 1. The van der Waals surface area contributed by atoms with Crippen molar-refractivity contribution in [1.29, 1.82) is 0 Å². The summed E-state index contributed by atoms with van der Waals surface area (Å²) in [6, 6.07) is 31.5. The molecular weight excluding hydrogens is 1190 g/mol. The largest absolute Gasteiger partial charge is 0.493 e. The Morgan fingerprint density at radius 2 is 1.60 bits per heavy atom. The molecule has 0 saturated carbocycles. The number of sulfonamides is 1. The molecule has 4 amide bonds. The van der Waals surface area contributed by atoms with Gasteiger partial charge in [-0.25, -0.2) is 18.1 Å². The summed E-state index contributed by atoms with van der Waals surface area (Å²) in [5.74, 6) is 0.102. The van der Waals surface area contributed by atoms with Gasteiger partial charge in [-0.1, -0.05) is 54.4 Å². The van der Waals surface area contributed by atoms with Crippen LogP contribution in [0.2, 0.25) is 5.02 Å². The number of hydrogen-bond acceptors (Lipinski definition) is 16. The molecule has 0 radical (unpaired) electrons. The standard InChI is InChI=1S/C67H73ClN10O11S/c68-49-13-11-47(12-14-49)53-8-5-10-61(88-43-45-22-28-74(29-23-45)27-3-1-2-6-46-7-4-9-54-56(46)42-77(67(54)82)59-19-20-63(79)72-66(59)81)57(53)41-75-30-32-76(33-31-75)50-15-17-55(62(37-50)89-51-36-48-21-26-69-64(48)71-40-51)65(80)73-90(85,86)52-16-18-58(60(38-52)78(83)84)70-39-44-24-34-87-35-25-44/h4-5,7-18,21,26,36-38,40,44-45,59,70H,1-3,6,19-20,22-25,27-35,39,41-43H2,(H,69,71)(H,73,80)(H,72,79,81). The zero-order valence-corrected chi connectivity index (χ0v) is 51.6. The van der Waals surface area contributed by atoms with Crippen molar-refractivity contribution < 1.29 is 46.7 Å². The van der Waals surface area contributed by atoms with E-state index >= 15 is 0 Å². The van der Waals surface area contributed by atoms with Gasteiger partial charge in [-0.15, -0.1) is 0 Å². The van der Waals surface area contributed by atoms with Gasteiger partial charge in [0, 0.05) is 111 Å². The molecule has 470 valence electrons. The van der Waals surface area contributed by atoms with Crippen LogP contribution < -0.4 is 29.7 Å². The lowest BCUT2D eigenvalue weighted by atomic mass is 9.96. The number of nitrogens with zero attached hydrogens (tertiary/aromatic N) is 6. The van der Waals surface area contributed by atoms with Gasteiger partial charge in [0.05, 0.1) is 28.2 Å². The van der Waals surface area contributed by atoms with Crippen molar-refractivity contribution in [3.05, 3.63) is 165 Å². The number of anilines is 2. The Balaban J connectivity index is 0.665. The van der Waals surface area contributed by atoms with E-state index in [9.17, 15) is 37.7 Å². The van der Waals surface area contributed by atoms with Crippen molar-refractivity contribution in [2.24, 2.45) is 11.8 Å². The number of likely N-dealkylation sites (tertiary alicyclic amines) is 1. The molecule has 7 aromatic rings. The monoisotopic (exact) mass is 1260 g/mol. The number of benzene rings is 5. The maximum atomic E-state index is 14.2. The van der Waals surface area contributed by atoms with Crippen molar-refractivity contribution in [2.45, 2.75) is 88.2 Å². The van der Waals surface area contributed by atoms with Crippen LogP contribution in [0, 0.1) is 22.0 Å². The number of nitro groups is 1. The van der Waals surface area contributed by atoms with Gasteiger partial charge in [-0.05, 0) is 166 Å². The number of aromatic nitrogens is 2. The topological polar surface area (TPSA) is 251 Å². The van der Waals surface area contributed by atoms with Crippen molar-refractivity contribution in [3.63, 3.8) is 0 Å². The lowest BCUT2D eigenvalue weighted by molar-refractivity contribution is -0.384. The highest BCUT2D eigenvalue weighted by Gasteiger charge is 2.40. The van der Waals surface area contributed by atoms with Gasteiger partial charge >= 0.3 is 0 Å². The summed E-state index contributed by atoms with van der Waals surface area (Å²) in [4.78, 5) is 79.3. The molecule has 1 unspecified atom stereocenters. The second kappa shape index (κ2) is 27.8. The maximum Gasteiger partial charge on any atom is 0.293 e. The quantitative estimate of drug-likeness (QED) is 0.0201. The molecule has 7 heterocycles. The number of H-pyrrole nitrogens is 1. The van der Waals surface area contributed by atoms with E-state index in [0.29, 0.717) is 100.0 Å². The predicted molar refractivity (Wildman–Crippen MR) is 341 cm³/mol. The SMILES string of the molecule is O=C1CCC(N2Cc3c(CCCCCN4CCC(COc5cccc(-c6ccc(Cl)cc6)c5CN5CCN(c6ccc(C(=O)NS(=O)(=O)c7ccc(NCC8CCOCC8)c([N+](=O)[O-])c7)c(Oc7cnc8[nH]ccc8c7)c6)CC5)CC4)cccc3C2=O)C(=O)N1. The number of aryl methyl sites for hydroxylation is 1. The molecule has 90 heavy (non-hydrogen) atoms. The number of unbranched alkanes of at least 4 members (excludes halogenated alkanes) is 2. The van der Waals surface area contributed by atoms with Crippen molar-refractivity contribution >= 4 is 73.3 Å². The Morgan fingerprint density at radius 1 is 0.811 bits per heavy atom. The molecule has 4 fully saturated rings. The lowest BCUT2D eigenvalue weighted by Crippen LogP contribution is -2.52. The predicted octanol–water partition coefficient (Wildman–Crippen LogP) is 10.1. The zero-order valence-electron chi connectivity index (χ0n) is 50.0. The number of imide groups is 1. The first-order valence-corrected chi connectivity index (χ1v) is 32.9. The number of fused-ring (bicyclic) bond motifs is 2. The molecule has 5 aliphatic rings. The average molecular weight is 1260 g/mol. The van der Waals surface area contributed by atoms with Crippen molar-refractivity contribution in [1.82, 2.24) is 34.7 Å². The fourth-order valence-electron chi connectivity index (χ4n) is 12.9. The minimum Gasteiger partial charge on any atom is -0.493 e. The van der Waals surface area contributed by atoms with Crippen LogP contribution >= 0.6 is 11.6 Å². The first-order valence-electron chi connectivity index (χ1n) is 31.1. The molecule has 21 nitrogen and oxygen atoms in total. The number of hydrogen-bond donors (Lipinski definition) is 4. The molecule has 23 heteroatoms. The Kier molecular flexibility index (Phi) is 19.1. The van der Waals surface area contributed by atoms with Gasteiger partial charge in [-0.3, -0.25) is 39.5 Å². The van der Waals surface area contributed by atoms with E-state index in [1.807, 2.05) is 48.5 Å². The molecule has 5 aromatic carbocycles. The molecule has 2 aromatic heterocycles. The Hall–Kier alpha value is -8.41. The maximum absolute atomic E-state index is 14.2. The van der Waals surface area contributed by atoms with Crippen LogP contribution in [0.15, 0.2) is 126 Å². The molecule has 0 spiro atoms. The van der Waals surface area contributed by atoms with Gasteiger partial charge in [0.2, 0.25) is 11.8 Å². The van der Waals surface area contributed by atoms with E-state index in [-0.39, 0.29) is 41.2 Å². The lowest BCUT2D eigenvalue weighted by Gasteiger charge is -2.37. The first-order chi connectivity index (χ1) is 43.7. The summed E-state index contributed by atoms with van der Waals surface area (Å²) >= 11 is 6.39. The van der Waals surface area contributed by atoms with E-state index in [1.165, 1.54) is 24.4 Å². The van der Waals surface area contributed by atoms with E-state index in [4.69, 9.17) is 25.8 Å². The van der Waals surface area contributed by atoms with Gasteiger partial charge < -0.3 is 39.2 Å². The van der Waals surface area contributed by atoms with Crippen LogP contribution in [0.5, 0.6) is 17.2 Å². The number of carbonyl (C=O) groups is 4. The number of carbonyl (C=O) groups excluding carboxylic acids is 4. The number of ether oxygens (including phenoxy) is 3. The van der Waals surface area contributed by atoms with Crippen molar-refractivity contribution in [3.8, 4) is 28.4 Å². The third-order valence-corrected chi connectivity index (χ3v) is 19.7. The minimum absolute atomic E-state index is 0.0727. The molecule has 1 atom stereocenters. The van der Waals surface area contributed by atoms with E-state index in [0.717, 1.165) is 122 Å². The first kappa shape index (κ1) is 61.8. The van der Waals surface area contributed by atoms with E-state index in [1.54, 1.807) is 29.3 Å². The van der Waals surface area contributed by atoms with Crippen LogP contribution in [0.25, 0.3) is 22.2 Å². The molecule has 4 saturated heterocycles. The zero-order chi connectivity index (χ0) is 62.3. The molecule has 12 rings (SSSR count). The van der Waals surface area contributed by atoms with E-state index in [2.05, 4.69) is 58.2 Å². The third-order valence-electron chi connectivity index (χ3n) is 18.1. The van der Waals surface area contributed by atoms with Gasteiger partial charge in [0.1, 0.15) is 34.6 Å². The second-order valence-electron chi connectivity index (χ2n) is 24.0.